The quantitative estimate of drug-likeness (QED) is 0.412. The lowest BCUT2D eigenvalue weighted by Crippen LogP contribution is -2.08. The number of carbonyl (C=O) groups excluding carboxylic acids is 1. The van der Waals surface area contributed by atoms with Crippen molar-refractivity contribution in [2.75, 3.05) is 7.11 Å². The molecule has 0 N–H and O–H groups in total. The van der Waals surface area contributed by atoms with Crippen molar-refractivity contribution in [3.63, 3.8) is 0 Å². The molecule has 2 rings (SSSR count). The fraction of sp³-hybridized carbons (Fsp3) is 0.211. The van der Waals surface area contributed by atoms with Crippen LogP contribution in [0.1, 0.15) is 29.2 Å². The van der Waals surface area contributed by atoms with Gasteiger partial charge in [-0.05, 0) is 24.6 Å². The number of oxime groups is 2. The largest absolute Gasteiger partial charge is 0.416 e. The molecule has 0 aliphatic carbocycles. The van der Waals surface area contributed by atoms with Gasteiger partial charge in [0.05, 0.1) is 11.3 Å². The molecule has 0 saturated heterocycles. The third-order valence-electron chi connectivity index (χ3n) is 3.62. The zero-order valence-electron chi connectivity index (χ0n) is 14.7. The average Bonchev–Trinajstić information content (AvgIpc) is 2.66. The molecule has 0 bridgehead atoms. The van der Waals surface area contributed by atoms with Gasteiger partial charge in [-0.2, -0.15) is 13.2 Å². The van der Waals surface area contributed by atoms with E-state index in [1.54, 1.807) is 31.2 Å². The lowest BCUT2D eigenvalue weighted by atomic mass is 10.0. The van der Waals surface area contributed by atoms with Gasteiger partial charge in [0.15, 0.2) is 6.29 Å². The average molecular weight is 378 g/mol. The van der Waals surface area contributed by atoms with Crippen molar-refractivity contribution in [2.24, 2.45) is 10.3 Å². The third-order valence-corrected chi connectivity index (χ3v) is 3.62. The van der Waals surface area contributed by atoms with Gasteiger partial charge in [-0.3, -0.25) is 4.79 Å². The van der Waals surface area contributed by atoms with Crippen LogP contribution in [0.4, 0.5) is 13.2 Å². The molecule has 0 aliphatic heterocycles. The summed E-state index contributed by atoms with van der Waals surface area (Å²) in [5.41, 5.74) is 1.07. The molecule has 0 aliphatic rings. The summed E-state index contributed by atoms with van der Waals surface area (Å²) in [6, 6.07) is 11.7. The first-order valence-corrected chi connectivity index (χ1v) is 7.85. The molecule has 5 nitrogen and oxygen atoms in total. The number of rotatable bonds is 7. The molecular formula is C19H17F3N2O3. The minimum Gasteiger partial charge on any atom is -0.399 e. The number of hydrogen-bond acceptors (Lipinski definition) is 5. The number of alkyl halides is 3. The molecule has 2 aromatic carbocycles. The predicted molar refractivity (Wildman–Crippen MR) is 94.5 cm³/mol. The maximum absolute atomic E-state index is 12.8. The molecule has 0 spiro atoms. The Morgan fingerprint density at radius 3 is 2.52 bits per heavy atom. The van der Waals surface area contributed by atoms with Crippen LogP contribution < -0.4 is 0 Å². The number of halogens is 3. The molecule has 0 radical (unpaired) electrons. The molecule has 0 amide bonds. The van der Waals surface area contributed by atoms with Crippen molar-refractivity contribution in [1.82, 2.24) is 0 Å². The van der Waals surface area contributed by atoms with Crippen molar-refractivity contribution in [1.29, 1.82) is 0 Å². The molecule has 0 heterocycles. The summed E-state index contributed by atoms with van der Waals surface area (Å²) in [4.78, 5) is 21.1. The van der Waals surface area contributed by atoms with Crippen molar-refractivity contribution in [3.8, 4) is 0 Å². The van der Waals surface area contributed by atoms with Crippen molar-refractivity contribution < 1.29 is 27.6 Å². The lowest BCUT2D eigenvalue weighted by Gasteiger charge is -2.09. The Bertz CT molecular complexity index is 861. The third kappa shape index (κ3) is 5.40. The summed E-state index contributed by atoms with van der Waals surface area (Å²) in [6.45, 7) is 1.55. The normalized spacial score (nSPS) is 12.6. The van der Waals surface area contributed by atoms with E-state index >= 15 is 0 Å². The van der Waals surface area contributed by atoms with E-state index < -0.39 is 11.7 Å². The van der Waals surface area contributed by atoms with Crippen LogP contribution in [-0.4, -0.2) is 24.8 Å². The van der Waals surface area contributed by atoms with Gasteiger partial charge < -0.3 is 9.68 Å². The zero-order chi connectivity index (χ0) is 19.9. The van der Waals surface area contributed by atoms with E-state index in [1.807, 2.05) is 0 Å². The Morgan fingerprint density at radius 2 is 1.85 bits per heavy atom. The first-order valence-electron chi connectivity index (χ1n) is 7.85. The monoisotopic (exact) mass is 378 g/mol. The van der Waals surface area contributed by atoms with Crippen LogP contribution in [0.2, 0.25) is 0 Å². The van der Waals surface area contributed by atoms with E-state index in [-0.39, 0.29) is 12.3 Å². The summed E-state index contributed by atoms with van der Waals surface area (Å²) < 4.78 is 38.4. The predicted octanol–water partition coefficient (Wildman–Crippen LogP) is 4.20. The molecule has 0 atom stereocenters. The summed E-state index contributed by atoms with van der Waals surface area (Å²) in [5.74, 6) is 0. The van der Waals surface area contributed by atoms with E-state index in [0.717, 1.165) is 12.1 Å². The number of benzene rings is 2. The second-order valence-corrected chi connectivity index (χ2v) is 5.46. The number of hydrogen-bond donors (Lipinski definition) is 0. The van der Waals surface area contributed by atoms with E-state index in [0.29, 0.717) is 28.7 Å². The highest BCUT2D eigenvalue weighted by atomic mass is 19.4. The molecule has 0 aromatic heterocycles. The Hall–Kier alpha value is -3.16. The standard InChI is InChI=1S/C19H17F3N2O3/c1-13(14-7-5-8-16(10-14)19(20,21)22)23-27-12-15-6-3-4-9-17(15)18(11-25)24-26-2/h3-11H,12H2,1-2H3/b23-13-,24-18-. The molecular weight excluding hydrogens is 361 g/mol. The van der Waals surface area contributed by atoms with Crippen LogP contribution in [0.15, 0.2) is 58.8 Å². The molecule has 0 fully saturated rings. The van der Waals surface area contributed by atoms with Crippen LogP contribution in [-0.2, 0) is 27.3 Å². The molecule has 27 heavy (non-hydrogen) atoms. The van der Waals surface area contributed by atoms with Crippen LogP contribution in [0.25, 0.3) is 0 Å². The molecule has 0 saturated carbocycles. The minimum absolute atomic E-state index is 0.00302. The van der Waals surface area contributed by atoms with Gasteiger partial charge in [0.1, 0.15) is 19.4 Å². The molecule has 0 unspecified atom stereocenters. The highest BCUT2D eigenvalue weighted by Gasteiger charge is 2.30. The summed E-state index contributed by atoms with van der Waals surface area (Å²) in [5, 5.41) is 7.52. The second kappa shape index (κ2) is 8.98. The van der Waals surface area contributed by atoms with Crippen LogP contribution >= 0.6 is 0 Å². The smallest absolute Gasteiger partial charge is 0.399 e. The Morgan fingerprint density at radius 1 is 1.11 bits per heavy atom. The van der Waals surface area contributed by atoms with Gasteiger partial charge in [-0.1, -0.05) is 46.7 Å². The zero-order valence-corrected chi connectivity index (χ0v) is 14.7. The summed E-state index contributed by atoms with van der Waals surface area (Å²) >= 11 is 0. The topological polar surface area (TPSA) is 60.2 Å². The van der Waals surface area contributed by atoms with Gasteiger partial charge in [0.25, 0.3) is 0 Å². The Labute approximate surface area is 154 Å². The molecule has 8 heteroatoms. The van der Waals surface area contributed by atoms with E-state index in [2.05, 4.69) is 15.1 Å². The maximum Gasteiger partial charge on any atom is 0.416 e. The summed E-state index contributed by atoms with van der Waals surface area (Å²) in [7, 11) is 1.32. The first kappa shape index (κ1) is 20.2. The van der Waals surface area contributed by atoms with Crippen LogP contribution in [0.3, 0.4) is 0 Å². The fourth-order valence-corrected chi connectivity index (χ4v) is 2.30. The van der Waals surface area contributed by atoms with Crippen LogP contribution in [0, 0.1) is 0 Å². The van der Waals surface area contributed by atoms with E-state index in [4.69, 9.17) is 4.84 Å². The lowest BCUT2D eigenvalue weighted by molar-refractivity contribution is -0.137. The highest BCUT2D eigenvalue weighted by molar-refractivity contribution is 6.36. The van der Waals surface area contributed by atoms with Gasteiger partial charge in [-0.15, -0.1) is 0 Å². The minimum atomic E-state index is -4.43. The summed E-state index contributed by atoms with van der Waals surface area (Å²) in [6.07, 6.45) is -3.87. The van der Waals surface area contributed by atoms with Gasteiger partial charge in [0, 0.05) is 11.1 Å². The second-order valence-electron chi connectivity index (χ2n) is 5.46. The molecule has 2 aromatic rings. The van der Waals surface area contributed by atoms with Gasteiger partial charge in [-0.25, -0.2) is 0 Å². The van der Waals surface area contributed by atoms with E-state index in [1.165, 1.54) is 19.2 Å². The van der Waals surface area contributed by atoms with Crippen molar-refractivity contribution in [3.05, 3.63) is 70.8 Å². The SMILES string of the molecule is CO/N=C(/C=O)c1ccccc1CO/N=C(/C)c1cccc(C(F)(F)F)c1. The maximum atomic E-state index is 12.8. The van der Waals surface area contributed by atoms with E-state index in [9.17, 15) is 18.0 Å². The Kier molecular flexibility index (Phi) is 6.70. The molecule has 142 valence electrons. The van der Waals surface area contributed by atoms with Crippen LogP contribution in [0.5, 0.6) is 0 Å². The number of nitrogens with zero attached hydrogens (tertiary/aromatic N) is 2. The van der Waals surface area contributed by atoms with Crippen molar-refractivity contribution in [2.45, 2.75) is 19.7 Å². The van der Waals surface area contributed by atoms with Crippen molar-refractivity contribution >= 4 is 17.7 Å². The van der Waals surface area contributed by atoms with Gasteiger partial charge in [0.2, 0.25) is 0 Å². The fourth-order valence-electron chi connectivity index (χ4n) is 2.30. The number of carbonyl (C=O) groups is 1. The number of aldehydes is 1. The van der Waals surface area contributed by atoms with Gasteiger partial charge >= 0.3 is 6.18 Å². The highest BCUT2D eigenvalue weighted by Crippen LogP contribution is 2.29. The Balaban J connectivity index is 2.17. The first-order chi connectivity index (χ1) is 12.9.